The molecule has 0 unspecified atom stereocenters. The lowest BCUT2D eigenvalue weighted by Gasteiger charge is -2.34. The van der Waals surface area contributed by atoms with E-state index in [2.05, 4.69) is 19.7 Å². The Bertz CT molecular complexity index is 591. The maximum Gasteiger partial charge on any atom is 0.147 e. The summed E-state index contributed by atoms with van der Waals surface area (Å²) in [7, 11) is 0. The van der Waals surface area contributed by atoms with Crippen LogP contribution in [-0.2, 0) is 18.7 Å². The monoisotopic (exact) mass is 272 g/mol. The first kappa shape index (κ1) is 13.3. The van der Waals surface area contributed by atoms with Gasteiger partial charge in [-0.2, -0.15) is 0 Å². The third-order valence-electron chi connectivity index (χ3n) is 3.94. The van der Waals surface area contributed by atoms with E-state index in [1.54, 1.807) is 0 Å². The first-order valence-electron chi connectivity index (χ1n) is 6.95. The Kier molecular flexibility index (Phi) is 3.31. The van der Waals surface area contributed by atoms with Gasteiger partial charge in [-0.3, -0.25) is 4.90 Å². The number of hydrogen-bond donors (Lipinski definition) is 1. The van der Waals surface area contributed by atoms with Crippen LogP contribution < -0.4 is 0 Å². The van der Waals surface area contributed by atoms with Crippen LogP contribution >= 0.6 is 0 Å². The molecule has 20 heavy (non-hydrogen) atoms. The molecule has 1 aliphatic heterocycles. The molecule has 0 spiro atoms. The van der Waals surface area contributed by atoms with Crippen LogP contribution in [0.5, 0.6) is 0 Å². The SMILES string of the molecule is Cc1nnc2n1CCN(C[C@@](C)(O)c1ccccc1)C2. The lowest BCUT2D eigenvalue weighted by Crippen LogP contribution is -2.43. The summed E-state index contributed by atoms with van der Waals surface area (Å²) in [5, 5.41) is 19.0. The molecule has 0 saturated heterocycles. The predicted octanol–water partition coefficient (Wildman–Crippen LogP) is 1.31. The Morgan fingerprint density at radius 3 is 2.70 bits per heavy atom. The number of aromatic nitrogens is 3. The summed E-state index contributed by atoms with van der Waals surface area (Å²) in [6.07, 6.45) is 0. The fraction of sp³-hybridized carbons (Fsp3) is 0.467. The maximum absolute atomic E-state index is 10.7. The smallest absolute Gasteiger partial charge is 0.147 e. The number of aliphatic hydroxyl groups is 1. The Balaban J connectivity index is 1.73. The summed E-state index contributed by atoms with van der Waals surface area (Å²) in [4.78, 5) is 2.23. The van der Waals surface area contributed by atoms with Crippen molar-refractivity contribution in [2.45, 2.75) is 32.5 Å². The Morgan fingerprint density at radius 1 is 1.20 bits per heavy atom. The molecular weight excluding hydrogens is 252 g/mol. The van der Waals surface area contributed by atoms with Gasteiger partial charge in [0.25, 0.3) is 0 Å². The van der Waals surface area contributed by atoms with Crippen LogP contribution in [0.3, 0.4) is 0 Å². The molecule has 106 valence electrons. The molecule has 1 atom stereocenters. The van der Waals surface area contributed by atoms with Gasteiger partial charge in [-0.25, -0.2) is 0 Å². The first-order chi connectivity index (χ1) is 9.56. The van der Waals surface area contributed by atoms with E-state index in [-0.39, 0.29) is 0 Å². The molecule has 1 aromatic heterocycles. The van der Waals surface area contributed by atoms with Crippen molar-refractivity contribution >= 4 is 0 Å². The molecule has 3 rings (SSSR count). The van der Waals surface area contributed by atoms with Gasteiger partial charge in [-0.1, -0.05) is 30.3 Å². The van der Waals surface area contributed by atoms with Crippen molar-refractivity contribution in [1.29, 1.82) is 0 Å². The van der Waals surface area contributed by atoms with Crippen molar-refractivity contribution in [3.63, 3.8) is 0 Å². The van der Waals surface area contributed by atoms with Crippen molar-refractivity contribution in [1.82, 2.24) is 19.7 Å². The molecule has 0 saturated carbocycles. The Labute approximate surface area is 118 Å². The number of benzene rings is 1. The zero-order valence-electron chi connectivity index (χ0n) is 12.0. The van der Waals surface area contributed by atoms with Crippen LogP contribution in [-0.4, -0.2) is 37.9 Å². The van der Waals surface area contributed by atoms with Crippen molar-refractivity contribution in [3.05, 3.63) is 47.5 Å². The van der Waals surface area contributed by atoms with Crippen LogP contribution in [0.25, 0.3) is 0 Å². The van der Waals surface area contributed by atoms with Gasteiger partial charge in [0.05, 0.1) is 12.1 Å². The Hall–Kier alpha value is -1.72. The molecule has 0 bridgehead atoms. The molecule has 1 aromatic carbocycles. The second-order valence-electron chi connectivity index (χ2n) is 5.67. The van der Waals surface area contributed by atoms with E-state index in [1.165, 1.54) is 0 Å². The van der Waals surface area contributed by atoms with E-state index in [4.69, 9.17) is 0 Å². The van der Waals surface area contributed by atoms with Gasteiger partial charge in [0.1, 0.15) is 11.6 Å². The zero-order valence-corrected chi connectivity index (χ0v) is 12.0. The third-order valence-corrected chi connectivity index (χ3v) is 3.94. The molecule has 2 heterocycles. The average molecular weight is 272 g/mol. The fourth-order valence-electron chi connectivity index (χ4n) is 2.81. The highest BCUT2D eigenvalue weighted by atomic mass is 16.3. The largest absolute Gasteiger partial charge is 0.384 e. The second-order valence-corrected chi connectivity index (χ2v) is 5.67. The summed E-state index contributed by atoms with van der Waals surface area (Å²) < 4.78 is 2.15. The summed E-state index contributed by atoms with van der Waals surface area (Å²) in [6.45, 7) is 6.99. The minimum Gasteiger partial charge on any atom is -0.384 e. The highest BCUT2D eigenvalue weighted by Gasteiger charge is 2.29. The highest BCUT2D eigenvalue weighted by Crippen LogP contribution is 2.23. The topological polar surface area (TPSA) is 54.2 Å². The lowest BCUT2D eigenvalue weighted by atomic mass is 9.95. The van der Waals surface area contributed by atoms with Crippen molar-refractivity contribution in [2.75, 3.05) is 13.1 Å². The number of rotatable bonds is 3. The molecular formula is C15H20N4O. The minimum atomic E-state index is -0.849. The van der Waals surface area contributed by atoms with Gasteiger partial charge in [-0.15, -0.1) is 10.2 Å². The zero-order chi connectivity index (χ0) is 14.2. The van der Waals surface area contributed by atoms with Gasteiger partial charge in [0.15, 0.2) is 0 Å². The summed E-state index contributed by atoms with van der Waals surface area (Å²) in [5.74, 6) is 1.95. The van der Waals surface area contributed by atoms with E-state index in [1.807, 2.05) is 44.2 Å². The molecule has 1 aliphatic rings. The molecule has 0 fully saturated rings. The second kappa shape index (κ2) is 5.00. The maximum atomic E-state index is 10.7. The van der Waals surface area contributed by atoms with Crippen molar-refractivity contribution < 1.29 is 5.11 Å². The van der Waals surface area contributed by atoms with E-state index < -0.39 is 5.60 Å². The van der Waals surface area contributed by atoms with Crippen molar-refractivity contribution in [2.24, 2.45) is 0 Å². The van der Waals surface area contributed by atoms with E-state index in [0.29, 0.717) is 6.54 Å². The molecule has 2 aromatic rings. The van der Waals surface area contributed by atoms with Gasteiger partial charge in [0, 0.05) is 19.6 Å². The minimum absolute atomic E-state index is 0.600. The lowest BCUT2D eigenvalue weighted by molar-refractivity contribution is 0.00735. The first-order valence-corrected chi connectivity index (χ1v) is 6.95. The van der Waals surface area contributed by atoms with E-state index in [9.17, 15) is 5.11 Å². The van der Waals surface area contributed by atoms with Crippen LogP contribution in [0, 0.1) is 6.92 Å². The average Bonchev–Trinajstić information content (AvgIpc) is 2.80. The predicted molar refractivity (Wildman–Crippen MR) is 76.0 cm³/mol. The quantitative estimate of drug-likeness (QED) is 0.915. The van der Waals surface area contributed by atoms with Gasteiger partial charge < -0.3 is 9.67 Å². The number of fused-ring (bicyclic) bond motifs is 1. The summed E-state index contributed by atoms with van der Waals surface area (Å²) >= 11 is 0. The number of β-amino-alcohol motifs (C(OH)–C–C–N with tert-alkyl or cyclic N) is 1. The van der Waals surface area contributed by atoms with Crippen LogP contribution in [0.1, 0.15) is 24.1 Å². The fourth-order valence-corrected chi connectivity index (χ4v) is 2.81. The molecule has 1 N–H and O–H groups in total. The third kappa shape index (κ3) is 2.46. The normalized spacial score (nSPS) is 18.6. The van der Waals surface area contributed by atoms with Crippen LogP contribution in [0.2, 0.25) is 0 Å². The van der Waals surface area contributed by atoms with Crippen LogP contribution in [0.4, 0.5) is 0 Å². The van der Waals surface area contributed by atoms with E-state index >= 15 is 0 Å². The number of nitrogens with zero attached hydrogens (tertiary/aromatic N) is 4. The Morgan fingerprint density at radius 2 is 1.95 bits per heavy atom. The number of hydrogen-bond acceptors (Lipinski definition) is 4. The molecule has 5 heteroatoms. The highest BCUT2D eigenvalue weighted by molar-refractivity contribution is 5.21. The summed E-state index contributed by atoms with van der Waals surface area (Å²) in [6, 6.07) is 9.82. The van der Waals surface area contributed by atoms with Gasteiger partial charge in [-0.05, 0) is 19.4 Å². The van der Waals surface area contributed by atoms with Crippen molar-refractivity contribution in [3.8, 4) is 0 Å². The molecule has 5 nitrogen and oxygen atoms in total. The molecule has 0 radical (unpaired) electrons. The van der Waals surface area contributed by atoms with Gasteiger partial charge in [0.2, 0.25) is 0 Å². The van der Waals surface area contributed by atoms with E-state index in [0.717, 1.165) is 36.8 Å². The molecule has 0 amide bonds. The summed E-state index contributed by atoms with van der Waals surface area (Å²) in [5.41, 5.74) is 0.0987. The van der Waals surface area contributed by atoms with Crippen LogP contribution in [0.15, 0.2) is 30.3 Å². The number of aryl methyl sites for hydroxylation is 1. The standard InChI is InChI=1S/C15H20N4O/c1-12-16-17-14-10-18(8-9-19(12)14)11-15(2,20)13-6-4-3-5-7-13/h3-7,20H,8-11H2,1-2H3/t15-/m1/s1. The molecule has 0 aliphatic carbocycles. The van der Waals surface area contributed by atoms with Gasteiger partial charge >= 0.3 is 0 Å².